The van der Waals surface area contributed by atoms with Gasteiger partial charge in [0.15, 0.2) is 5.16 Å². The van der Waals surface area contributed by atoms with Crippen molar-refractivity contribution in [1.82, 2.24) is 20.1 Å². The van der Waals surface area contributed by atoms with Crippen LogP contribution in [0.3, 0.4) is 0 Å². The third-order valence-corrected chi connectivity index (χ3v) is 4.56. The van der Waals surface area contributed by atoms with E-state index in [2.05, 4.69) is 15.5 Å². The van der Waals surface area contributed by atoms with Gasteiger partial charge in [0.1, 0.15) is 12.1 Å². The summed E-state index contributed by atoms with van der Waals surface area (Å²) in [4.78, 5) is 12.2. The SMILES string of the molecule is CC(Sc1nncn1-c1cccc(Cl)c1)C(=O)NCc1ccco1. The Morgan fingerprint density at radius 2 is 2.29 bits per heavy atom. The van der Waals surface area contributed by atoms with E-state index in [4.69, 9.17) is 16.0 Å². The first-order chi connectivity index (χ1) is 11.6. The summed E-state index contributed by atoms with van der Waals surface area (Å²) in [5.74, 6) is 0.611. The van der Waals surface area contributed by atoms with E-state index in [9.17, 15) is 4.79 Å². The molecule has 1 unspecified atom stereocenters. The van der Waals surface area contributed by atoms with Crippen molar-refractivity contribution in [3.05, 3.63) is 59.8 Å². The number of nitrogens with zero attached hydrogens (tertiary/aromatic N) is 3. The van der Waals surface area contributed by atoms with Gasteiger partial charge in [-0.1, -0.05) is 29.4 Å². The Bertz CT molecular complexity index is 819. The first-order valence-corrected chi connectivity index (χ1v) is 8.52. The number of hydrogen-bond acceptors (Lipinski definition) is 5. The maximum Gasteiger partial charge on any atom is 0.233 e. The fraction of sp³-hybridized carbons (Fsp3) is 0.188. The highest BCUT2D eigenvalue weighted by molar-refractivity contribution is 8.00. The van der Waals surface area contributed by atoms with Gasteiger partial charge in [0.2, 0.25) is 5.91 Å². The number of amides is 1. The van der Waals surface area contributed by atoms with E-state index in [0.29, 0.717) is 22.5 Å². The Balaban J connectivity index is 1.65. The van der Waals surface area contributed by atoms with Crippen LogP contribution < -0.4 is 5.32 Å². The van der Waals surface area contributed by atoms with Gasteiger partial charge in [0.05, 0.1) is 23.7 Å². The van der Waals surface area contributed by atoms with Crippen molar-refractivity contribution in [2.24, 2.45) is 0 Å². The summed E-state index contributed by atoms with van der Waals surface area (Å²) in [5.41, 5.74) is 0.846. The number of rotatable bonds is 6. The van der Waals surface area contributed by atoms with Crippen LogP contribution in [0.15, 0.2) is 58.6 Å². The maximum atomic E-state index is 12.2. The summed E-state index contributed by atoms with van der Waals surface area (Å²) in [6.45, 7) is 2.18. The van der Waals surface area contributed by atoms with Gasteiger partial charge in [-0.25, -0.2) is 0 Å². The lowest BCUT2D eigenvalue weighted by Gasteiger charge is -2.12. The predicted octanol–water partition coefficient (Wildman–Crippen LogP) is 3.31. The molecule has 0 aliphatic rings. The number of benzene rings is 1. The Kier molecular flexibility index (Phi) is 5.22. The molecule has 1 N–H and O–H groups in total. The second-order valence-corrected chi connectivity index (χ2v) is 6.77. The molecular weight excluding hydrogens is 348 g/mol. The normalized spacial score (nSPS) is 12.1. The zero-order valence-corrected chi connectivity index (χ0v) is 14.4. The van der Waals surface area contributed by atoms with E-state index in [-0.39, 0.29) is 11.2 Å². The number of halogens is 1. The van der Waals surface area contributed by atoms with Gasteiger partial charge in [-0.15, -0.1) is 10.2 Å². The lowest BCUT2D eigenvalue weighted by molar-refractivity contribution is -0.120. The fourth-order valence-corrected chi connectivity index (χ4v) is 3.10. The van der Waals surface area contributed by atoms with Crippen molar-refractivity contribution in [2.45, 2.75) is 23.9 Å². The number of nitrogens with one attached hydrogen (secondary N) is 1. The van der Waals surface area contributed by atoms with E-state index in [1.165, 1.54) is 11.8 Å². The van der Waals surface area contributed by atoms with E-state index >= 15 is 0 Å². The van der Waals surface area contributed by atoms with Crippen molar-refractivity contribution in [3.8, 4) is 5.69 Å². The van der Waals surface area contributed by atoms with Gasteiger partial charge in [0, 0.05) is 5.02 Å². The van der Waals surface area contributed by atoms with E-state index in [0.717, 1.165) is 5.69 Å². The third kappa shape index (κ3) is 3.98. The highest BCUT2D eigenvalue weighted by Gasteiger charge is 2.18. The Morgan fingerprint density at radius 3 is 3.04 bits per heavy atom. The molecule has 124 valence electrons. The van der Waals surface area contributed by atoms with Crippen LogP contribution in [0.1, 0.15) is 12.7 Å². The van der Waals surface area contributed by atoms with Gasteiger partial charge < -0.3 is 9.73 Å². The zero-order valence-electron chi connectivity index (χ0n) is 12.8. The van der Waals surface area contributed by atoms with Crippen LogP contribution in [-0.4, -0.2) is 25.9 Å². The number of aromatic nitrogens is 3. The average Bonchev–Trinajstić information content (AvgIpc) is 3.24. The zero-order chi connectivity index (χ0) is 16.9. The predicted molar refractivity (Wildman–Crippen MR) is 92.2 cm³/mol. The molecular formula is C16H15ClN4O2S. The largest absolute Gasteiger partial charge is 0.467 e. The van der Waals surface area contributed by atoms with Gasteiger partial charge in [-0.2, -0.15) is 0 Å². The molecule has 0 aliphatic heterocycles. The summed E-state index contributed by atoms with van der Waals surface area (Å²) in [5, 5.41) is 11.8. The van der Waals surface area contributed by atoms with E-state index < -0.39 is 0 Å². The first kappa shape index (κ1) is 16.6. The van der Waals surface area contributed by atoms with Crippen LogP contribution in [0.2, 0.25) is 5.02 Å². The molecule has 0 spiro atoms. The van der Waals surface area contributed by atoms with Crippen LogP contribution in [0.4, 0.5) is 0 Å². The Labute approximate surface area is 148 Å². The van der Waals surface area contributed by atoms with Crippen molar-refractivity contribution in [3.63, 3.8) is 0 Å². The molecule has 0 radical (unpaired) electrons. The van der Waals surface area contributed by atoms with Crippen LogP contribution in [0.5, 0.6) is 0 Å². The molecule has 3 aromatic rings. The molecule has 0 fully saturated rings. The van der Waals surface area contributed by atoms with Crippen LogP contribution in [-0.2, 0) is 11.3 Å². The summed E-state index contributed by atoms with van der Waals surface area (Å²) in [6, 6.07) is 11.0. The molecule has 6 nitrogen and oxygen atoms in total. The fourth-order valence-electron chi connectivity index (χ4n) is 2.05. The van der Waals surface area contributed by atoms with Crippen molar-refractivity contribution in [2.75, 3.05) is 0 Å². The maximum absolute atomic E-state index is 12.2. The summed E-state index contributed by atoms with van der Waals surface area (Å²) in [6.07, 6.45) is 3.18. The van der Waals surface area contributed by atoms with Crippen molar-refractivity contribution < 1.29 is 9.21 Å². The smallest absolute Gasteiger partial charge is 0.233 e. The highest BCUT2D eigenvalue weighted by atomic mass is 35.5. The van der Waals surface area contributed by atoms with Gasteiger partial charge >= 0.3 is 0 Å². The summed E-state index contributed by atoms with van der Waals surface area (Å²) >= 11 is 7.35. The van der Waals surface area contributed by atoms with E-state index in [1.807, 2.05) is 31.2 Å². The summed E-state index contributed by atoms with van der Waals surface area (Å²) < 4.78 is 7.00. The van der Waals surface area contributed by atoms with Gasteiger partial charge in [-0.05, 0) is 37.3 Å². The second-order valence-electron chi connectivity index (χ2n) is 5.02. The van der Waals surface area contributed by atoms with E-state index in [1.54, 1.807) is 29.3 Å². The monoisotopic (exact) mass is 362 g/mol. The minimum Gasteiger partial charge on any atom is -0.467 e. The standard InChI is InChI=1S/C16H15ClN4O2S/c1-11(15(22)18-9-14-6-3-7-23-14)24-16-20-19-10-21(16)13-5-2-4-12(17)8-13/h2-8,10-11H,9H2,1H3,(H,18,22). The molecule has 2 aromatic heterocycles. The third-order valence-electron chi connectivity index (χ3n) is 3.27. The number of furan rings is 1. The Morgan fingerprint density at radius 1 is 1.42 bits per heavy atom. The van der Waals surface area contributed by atoms with Crippen molar-refractivity contribution in [1.29, 1.82) is 0 Å². The number of carbonyl (C=O) groups is 1. The first-order valence-electron chi connectivity index (χ1n) is 7.26. The molecule has 0 bridgehead atoms. The van der Waals surface area contributed by atoms with Crippen molar-refractivity contribution >= 4 is 29.3 Å². The van der Waals surface area contributed by atoms with Crippen LogP contribution in [0.25, 0.3) is 5.69 Å². The van der Waals surface area contributed by atoms with Crippen LogP contribution >= 0.6 is 23.4 Å². The molecule has 0 saturated heterocycles. The average molecular weight is 363 g/mol. The lowest BCUT2D eigenvalue weighted by Crippen LogP contribution is -2.30. The highest BCUT2D eigenvalue weighted by Crippen LogP contribution is 2.25. The molecule has 24 heavy (non-hydrogen) atoms. The second kappa shape index (κ2) is 7.55. The van der Waals surface area contributed by atoms with Gasteiger partial charge in [-0.3, -0.25) is 9.36 Å². The molecule has 8 heteroatoms. The molecule has 3 rings (SSSR count). The lowest BCUT2D eigenvalue weighted by atomic mass is 10.3. The molecule has 0 saturated carbocycles. The molecule has 1 atom stereocenters. The molecule has 1 amide bonds. The molecule has 1 aromatic carbocycles. The van der Waals surface area contributed by atoms with Crippen LogP contribution in [0, 0.1) is 0 Å². The Hall–Kier alpha value is -2.25. The van der Waals surface area contributed by atoms with Gasteiger partial charge in [0.25, 0.3) is 0 Å². The number of thioether (sulfide) groups is 1. The molecule has 2 heterocycles. The minimum atomic E-state index is -0.331. The minimum absolute atomic E-state index is 0.1000. The number of carbonyl (C=O) groups excluding carboxylic acids is 1. The quantitative estimate of drug-likeness (QED) is 0.681. The number of hydrogen-bond donors (Lipinski definition) is 1. The molecule has 0 aliphatic carbocycles. The topological polar surface area (TPSA) is 73.0 Å². The summed E-state index contributed by atoms with van der Waals surface area (Å²) in [7, 11) is 0.